The Morgan fingerprint density at radius 1 is 0.756 bits per heavy atom. The van der Waals surface area contributed by atoms with Crippen LogP contribution in [0.5, 0.6) is 11.5 Å². The molecule has 0 saturated heterocycles. The summed E-state index contributed by atoms with van der Waals surface area (Å²) in [5.74, 6) is 1.78. The lowest BCUT2D eigenvalue weighted by Gasteiger charge is -2.12. The number of rotatable bonds is 16. The van der Waals surface area contributed by atoms with Gasteiger partial charge in [-0.05, 0) is 89.0 Å². The second-order valence-corrected chi connectivity index (χ2v) is 10.1. The van der Waals surface area contributed by atoms with Gasteiger partial charge < -0.3 is 20.1 Å². The van der Waals surface area contributed by atoms with Gasteiger partial charge in [-0.1, -0.05) is 54.6 Å². The average molecular weight is 553 g/mol. The molecule has 6 heteroatoms. The number of fused-ring (bicyclic) bond motifs is 2. The van der Waals surface area contributed by atoms with Gasteiger partial charge in [-0.25, -0.2) is 0 Å². The second kappa shape index (κ2) is 15.5. The molecule has 0 aliphatic rings. The van der Waals surface area contributed by atoms with E-state index in [-0.39, 0.29) is 11.8 Å². The Labute approximate surface area is 242 Å². The molecule has 2 N–H and O–H groups in total. The SMILES string of the molecule is C=CCC(=O)NCCc1cccc2ccc(OCCCCOc3ccc4cccc(CCCC(=O)NC)c4c3)cc12. The highest BCUT2D eigenvalue weighted by Crippen LogP contribution is 2.27. The summed E-state index contributed by atoms with van der Waals surface area (Å²) < 4.78 is 12.1. The first-order valence-corrected chi connectivity index (χ1v) is 14.4. The number of aryl methyl sites for hydroxylation is 1. The third-order valence-corrected chi connectivity index (χ3v) is 7.14. The fraction of sp³-hybridized carbons (Fsp3) is 0.314. The fourth-order valence-electron chi connectivity index (χ4n) is 4.94. The molecule has 2 amide bonds. The summed E-state index contributed by atoms with van der Waals surface area (Å²) in [7, 11) is 1.67. The summed E-state index contributed by atoms with van der Waals surface area (Å²) in [5.41, 5.74) is 2.42. The maximum absolute atomic E-state index is 11.7. The molecule has 0 atom stereocenters. The van der Waals surface area contributed by atoms with Crippen LogP contribution < -0.4 is 20.1 Å². The molecule has 0 unspecified atom stereocenters. The molecular weight excluding hydrogens is 512 g/mol. The number of unbranched alkanes of at least 4 members (excludes halogenated alkanes) is 1. The maximum atomic E-state index is 11.7. The molecule has 0 bridgehead atoms. The Bertz CT molecular complexity index is 1480. The van der Waals surface area contributed by atoms with E-state index in [2.05, 4.69) is 71.8 Å². The van der Waals surface area contributed by atoms with Crippen molar-refractivity contribution in [1.82, 2.24) is 10.6 Å². The van der Waals surface area contributed by atoms with Gasteiger partial charge in [0.25, 0.3) is 0 Å². The Morgan fingerprint density at radius 2 is 1.34 bits per heavy atom. The Balaban J connectivity index is 1.24. The van der Waals surface area contributed by atoms with Gasteiger partial charge in [0.15, 0.2) is 0 Å². The molecule has 41 heavy (non-hydrogen) atoms. The summed E-state index contributed by atoms with van der Waals surface area (Å²) in [6.07, 6.45) is 6.67. The number of hydrogen-bond donors (Lipinski definition) is 2. The topological polar surface area (TPSA) is 76.7 Å². The number of carbonyl (C=O) groups excluding carboxylic acids is 2. The summed E-state index contributed by atoms with van der Waals surface area (Å²) in [5, 5.41) is 10.3. The number of nitrogens with one attached hydrogen (secondary N) is 2. The molecule has 0 aliphatic carbocycles. The molecule has 4 aromatic rings. The highest BCUT2D eigenvalue weighted by Gasteiger charge is 2.07. The minimum atomic E-state index is -0.00638. The first-order chi connectivity index (χ1) is 20.1. The Morgan fingerprint density at radius 3 is 1.90 bits per heavy atom. The van der Waals surface area contributed by atoms with E-state index in [9.17, 15) is 9.59 Å². The van der Waals surface area contributed by atoms with Crippen LogP contribution in [0, 0.1) is 0 Å². The molecule has 0 aromatic heterocycles. The lowest BCUT2D eigenvalue weighted by Crippen LogP contribution is -2.24. The van der Waals surface area contributed by atoms with Crippen molar-refractivity contribution in [3.63, 3.8) is 0 Å². The van der Waals surface area contributed by atoms with Crippen LogP contribution in [0.1, 0.15) is 43.2 Å². The van der Waals surface area contributed by atoms with Crippen LogP contribution in [0.2, 0.25) is 0 Å². The van der Waals surface area contributed by atoms with Gasteiger partial charge in [-0.3, -0.25) is 9.59 Å². The number of hydrogen-bond acceptors (Lipinski definition) is 4. The van der Waals surface area contributed by atoms with E-state index in [4.69, 9.17) is 9.47 Å². The van der Waals surface area contributed by atoms with Crippen molar-refractivity contribution in [1.29, 1.82) is 0 Å². The Hall–Kier alpha value is -4.32. The quantitative estimate of drug-likeness (QED) is 0.122. The van der Waals surface area contributed by atoms with Crippen molar-refractivity contribution in [2.45, 2.75) is 44.9 Å². The van der Waals surface area contributed by atoms with Gasteiger partial charge in [0, 0.05) is 26.4 Å². The molecule has 0 radical (unpaired) electrons. The fourth-order valence-corrected chi connectivity index (χ4v) is 4.94. The monoisotopic (exact) mass is 552 g/mol. The van der Waals surface area contributed by atoms with Gasteiger partial charge in [0.1, 0.15) is 11.5 Å². The molecule has 214 valence electrons. The first-order valence-electron chi connectivity index (χ1n) is 14.4. The zero-order valence-corrected chi connectivity index (χ0v) is 23.9. The number of amides is 2. The van der Waals surface area contributed by atoms with Crippen molar-refractivity contribution >= 4 is 33.4 Å². The van der Waals surface area contributed by atoms with Crippen LogP contribution in [-0.2, 0) is 22.4 Å². The van der Waals surface area contributed by atoms with Gasteiger partial charge in [0.2, 0.25) is 11.8 Å². The largest absolute Gasteiger partial charge is 0.494 e. The second-order valence-electron chi connectivity index (χ2n) is 10.1. The molecular formula is C35H40N2O4. The summed E-state index contributed by atoms with van der Waals surface area (Å²) >= 11 is 0. The van der Waals surface area contributed by atoms with Crippen molar-refractivity contribution in [3.05, 3.63) is 96.6 Å². The third-order valence-electron chi connectivity index (χ3n) is 7.14. The summed E-state index contributed by atoms with van der Waals surface area (Å²) in [4.78, 5) is 23.3. The van der Waals surface area contributed by atoms with Crippen LogP contribution in [0.4, 0.5) is 0 Å². The van der Waals surface area contributed by atoms with E-state index in [1.807, 2.05) is 18.2 Å². The van der Waals surface area contributed by atoms with Gasteiger partial charge >= 0.3 is 0 Å². The van der Waals surface area contributed by atoms with Crippen LogP contribution in [0.15, 0.2) is 85.5 Å². The predicted molar refractivity (Wildman–Crippen MR) is 167 cm³/mol. The molecule has 0 saturated carbocycles. The minimum Gasteiger partial charge on any atom is -0.494 e. The van der Waals surface area contributed by atoms with E-state index < -0.39 is 0 Å². The molecule has 0 spiro atoms. The van der Waals surface area contributed by atoms with Crippen molar-refractivity contribution in [3.8, 4) is 11.5 Å². The van der Waals surface area contributed by atoms with Crippen LogP contribution in [-0.4, -0.2) is 38.6 Å². The molecule has 4 rings (SSSR count). The van der Waals surface area contributed by atoms with Crippen LogP contribution in [0.3, 0.4) is 0 Å². The maximum Gasteiger partial charge on any atom is 0.223 e. The molecule has 0 fully saturated rings. The van der Waals surface area contributed by atoms with Crippen LogP contribution >= 0.6 is 0 Å². The van der Waals surface area contributed by atoms with E-state index in [0.29, 0.717) is 32.6 Å². The number of benzene rings is 4. The van der Waals surface area contributed by atoms with Crippen LogP contribution in [0.25, 0.3) is 21.5 Å². The van der Waals surface area contributed by atoms with Crippen molar-refractivity contribution in [2.24, 2.45) is 0 Å². The van der Waals surface area contributed by atoms with Crippen molar-refractivity contribution in [2.75, 3.05) is 26.8 Å². The lowest BCUT2D eigenvalue weighted by atomic mass is 10.00. The van der Waals surface area contributed by atoms with Gasteiger partial charge in [-0.2, -0.15) is 0 Å². The van der Waals surface area contributed by atoms with Crippen molar-refractivity contribution < 1.29 is 19.1 Å². The van der Waals surface area contributed by atoms with E-state index in [1.54, 1.807) is 13.1 Å². The smallest absolute Gasteiger partial charge is 0.223 e. The zero-order valence-electron chi connectivity index (χ0n) is 23.9. The molecule has 4 aromatic carbocycles. The normalized spacial score (nSPS) is 10.9. The summed E-state index contributed by atoms with van der Waals surface area (Å²) in [6.45, 7) is 5.43. The van der Waals surface area contributed by atoms with Gasteiger partial charge in [-0.15, -0.1) is 6.58 Å². The zero-order chi connectivity index (χ0) is 28.9. The lowest BCUT2D eigenvalue weighted by molar-refractivity contribution is -0.121. The Kier molecular flexibility index (Phi) is 11.2. The standard InChI is InChI=1S/C35H40N2O4/c1-3-9-35(39)37-21-20-29-13-7-12-28-17-19-31(25-33(28)29)41-23-5-4-22-40-30-18-16-27-11-6-10-26(32(27)24-30)14-8-15-34(38)36-2/h3,6-7,10-13,16-19,24-25H,1,4-5,8-9,14-15,20-23H2,2H3,(H,36,38)(H,37,39). The number of carbonyl (C=O) groups is 2. The predicted octanol–water partition coefficient (Wildman–Crippen LogP) is 6.53. The van der Waals surface area contributed by atoms with Gasteiger partial charge in [0.05, 0.1) is 13.2 Å². The van der Waals surface area contributed by atoms with E-state index >= 15 is 0 Å². The minimum absolute atomic E-state index is 0.00638. The molecule has 0 aliphatic heterocycles. The third kappa shape index (κ3) is 8.84. The molecule has 0 heterocycles. The highest BCUT2D eigenvalue weighted by atomic mass is 16.5. The van der Waals surface area contributed by atoms with E-state index in [0.717, 1.165) is 54.4 Å². The highest BCUT2D eigenvalue weighted by molar-refractivity contribution is 5.88. The summed E-state index contributed by atoms with van der Waals surface area (Å²) in [6, 6.07) is 25.0. The number of ether oxygens (including phenoxy) is 2. The molecule has 6 nitrogen and oxygen atoms in total. The van der Waals surface area contributed by atoms with E-state index in [1.165, 1.54) is 21.9 Å². The first kappa shape index (κ1) is 29.7. The average Bonchev–Trinajstić information content (AvgIpc) is 2.99.